The van der Waals surface area contributed by atoms with Gasteiger partial charge in [-0.1, -0.05) is 30.8 Å². The Morgan fingerprint density at radius 1 is 0.771 bits per heavy atom. The molecule has 182 valence electrons. The number of ether oxygens (including phenoxy) is 3. The van der Waals surface area contributed by atoms with Gasteiger partial charge in [-0.3, -0.25) is 4.79 Å². The van der Waals surface area contributed by atoms with Gasteiger partial charge in [0.2, 0.25) is 0 Å². The van der Waals surface area contributed by atoms with Gasteiger partial charge < -0.3 is 19.5 Å². The number of benzene rings is 3. The van der Waals surface area contributed by atoms with Crippen LogP contribution in [-0.4, -0.2) is 32.2 Å². The van der Waals surface area contributed by atoms with Gasteiger partial charge in [0.1, 0.15) is 11.5 Å². The van der Waals surface area contributed by atoms with Gasteiger partial charge in [0, 0.05) is 17.3 Å². The normalized spacial score (nSPS) is 10.3. The highest BCUT2D eigenvalue weighted by atomic mass is 16.5. The van der Waals surface area contributed by atoms with E-state index in [0.717, 1.165) is 54.0 Å². The third-order valence-corrected chi connectivity index (χ3v) is 5.40. The molecule has 0 spiro atoms. The van der Waals surface area contributed by atoms with Crippen LogP contribution in [0.4, 0.5) is 5.69 Å². The Morgan fingerprint density at radius 3 is 1.94 bits per heavy atom. The molecule has 1 N–H and O–H groups in total. The van der Waals surface area contributed by atoms with Crippen molar-refractivity contribution in [3.8, 4) is 22.6 Å². The molecule has 0 aliphatic heterocycles. The van der Waals surface area contributed by atoms with E-state index < -0.39 is 0 Å². The van der Waals surface area contributed by atoms with Crippen LogP contribution in [0.1, 0.15) is 36.0 Å². The summed E-state index contributed by atoms with van der Waals surface area (Å²) in [4.78, 5) is 23.5. The standard InChI is InChI=1S/C29H31NO5/c1-3-28(31)35-21-7-5-4-6-20-34-27-18-12-24(13-19-27)29(32)30-25-14-8-22(9-15-25)23-10-16-26(33-2)17-11-23/h3,8-19H,1,4-7,20-21H2,2H3,(H,30,32). The number of rotatable bonds is 13. The molecule has 0 unspecified atom stereocenters. The van der Waals surface area contributed by atoms with Crippen molar-refractivity contribution < 1.29 is 23.8 Å². The zero-order valence-electron chi connectivity index (χ0n) is 20.0. The lowest BCUT2D eigenvalue weighted by Crippen LogP contribution is -2.11. The molecular formula is C29H31NO5. The fourth-order valence-corrected chi connectivity index (χ4v) is 3.41. The highest BCUT2D eigenvalue weighted by molar-refractivity contribution is 6.04. The zero-order valence-corrected chi connectivity index (χ0v) is 20.0. The molecule has 0 aliphatic carbocycles. The van der Waals surface area contributed by atoms with E-state index in [2.05, 4.69) is 11.9 Å². The van der Waals surface area contributed by atoms with Gasteiger partial charge in [0.15, 0.2) is 0 Å². The first-order valence-electron chi connectivity index (χ1n) is 11.7. The van der Waals surface area contributed by atoms with Gasteiger partial charge in [-0.2, -0.15) is 0 Å². The third-order valence-electron chi connectivity index (χ3n) is 5.40. The van der Waals surface area contributed by atoms with Crippen LogP contribution in [0.5, 0.6) is 11.5 Å². The maximum atomic E-state index is 12.6. The molecule has 3 aromatic rings. The summed E-state index contributed by atoms with van der Waals surface area (Å²) in [7, 11) is 1.64. The van der Waals surface area contributed by atoms with E-state index in [4.69, 9.17) is 14.2 Å². The number of nitrogens with one attached hydrogen (secondary N) is 1. The smallest absolute Gasteiger partial charge is 0.330 e. The summed E-state index contributed by atoms with van der Waals surface area (Å²) in [5, 5.41) is 2.93. The van der Waals surface area contributed by atoms with Gasteiger partial charge in [-0.05, 0) is 85.3 Å². The van der Waals surface area contributed by atoms with Crippen LogP contribution in [0.3, 0.4) is 0 Å². The molecular weight excluding hydrogens is 442 g/mol. The summed E-state index contributed by atoms with van der Waals surface area (Å²) >= 11 is 0. The van der Waals surface area contributed by atoms with Crippen LogP contribution < -0.4 is 14.8 Å². The molecule has 0 saturated heterocycles. The highest BCUT2D eigenvalue weighted by Crippen LogP contribution is 2.24. The largest absolute Gasteiger partial charge is 0.497 e. The first-order chi connectivity index (χ1) is 17.1. The number of anilines is 1. The summed E-state index contributed by atoms with van der Waals surface area (Å²) < 4.78 is 15.9. The molecule has 0 aliphatic rings. The summed E-state index contributed by atoms with van der Waals surface area (Å²) in [6.07, 6.45) is 4.86. The molecule has 0 radical (unpaired) electrons. The second kappa shape index (κ2) is 13.6. The molecule has 1 amide bonds. The predicted molar refractivity (Wildman–Crippen MR) is 138 cm³/mol. The van der Waals surface area contributed by atoms with Crippen molar-refractivity contribution in [3.05, 3.63) is 91.0 Å². The molecule has 3 rings (SSSR count). The number of amides is 1. The van der Waals surface area contributed by atoms with Gasteiger partial charge in [0.05, 0.1) is 20.3 Å². The van der Waals surface area contributed by atoms with Crippen molar-refractivity contribution in [2.75, 3.05) is 25.6 Å². The lowest BCUT2D eigenvalue weighted by atomic mass is 10.1. The molecule has 3 aromatic carbocycles. The Balaban J connectivity index is 1.39. The van der Waals surface area contributed by atoms with E-state index in [0.29, 0.717) is 18.8 Å². The van der Waals surface area contributed by atoms with Crippen LogP contribution in [0.2, 0.25) is 0 Å². The van der Waals surface area contributed by atoms with Gasteiger partial charge >= 0.3 is 5.97 Å². The van der Waals surface area contributed by atoms with Crippen LogP contribution in [0, 0.1) is 0 Å². The molecule has 0 fully saturated rings. The molecule has 6 nitrogen and oxygen atoms in total. The van der Waals surface area contributed by atoms with Crippen molar-refractivity contribution in [3.63, 3.8) is 0 Å². The Kier molecular flexibility index (Phi) is 9.93. The fraction of sp³-hybridized carbons (Fsp3) is 0.241. The number of carbonyl (C=O) groups is 2. The van der Waals surface area contributed by atoms with Gasteiger partial charge in [-0.15, -0.1) is 0 Å². The maximum absolute atomic E-state index is 12.6. The first-order valence-corrected chi connectivity index (χ1v) is 11.7. The Labute approximate surface area is 206 Å². The van der Waals surface area contributed by atoms with Crippen molar-refractivity contribution >= 4 is 17.6 Å². The minimum absolute atomic E-state index is 0.175. The molecule has 0 heterocycles. The minimum atomic E-state index is -0.381. The second-order valence-electron chi connectivity index (χ2n) is 7.92. The number of esters is 1. The monoisotopic (exact) mass is 473 g/mol. The van der Waals surface area contributed by atoms with Crippen LogP contribution in [-0.2, 0) is 9.53 Å². The van der Waals surface area contributed by atoms with Gasteiger partial charge in [-0.25, -0.2) is 4.79 Å². The van der Waals surface area contributed by atoms with Crippen LogP contribution in [0.25, 0.3) is 11.1 Å². The fourth-order valence-electron chi connectivity index (χ4n) is 3.41. The average molecular weight is 474 g/mol. The molecule has 0 bridgehead atoms. The van der Waals surface area contributed by atoms with Crippen LogP contribution >= 0.6 is 0 Å². The molecule has 6 heteroatoms. The predicted octanol–water partition coefficient (Wildman–Crippen LogP) is 6.28. The average Bonchev–Trinajstić information content (AvgIpc) is 2.90. The van der Waals surface area contributed by atoms with E-state index in [9.17, 15) is 9.59 Å². The zero-order chi connectivity index (χ0) is 24.9. The maximum Gasteiger partial charge on any atom is 0.330 e. The molecule has 35 heavy (non-hydrogen) atoms. The highest BCUT2D eigenvalue weighted by Gasteiger charge is 2.07. The molecule has 0 aromatic heterocycles. The number of methoxy groups -OCH3 is 1. The summed E-state index contributed by atoms with van der Waals surface area (Å²) in [6.45, 7) is 4.38. The SMILES string of the molecule is C=CC(=O)OCCCCCCOc1ccc(C(=O)Nc2ccc(-c3ccc(OC)cc3)cc2)cc1. The van der Waals surface area contributed by atoms with E-state index >= 15 is 0 Å². The summed E-state index contributed by atoms with van der Waals surface area (Å²) in [5.41, 5.74) is 3.43. The van der Waals surface area contributed by atoms with E-state index in [1.165, 1.54) is 6.08 Å². The van der Waals surface area contributed by atoms with Crippen LogP contribution in [0.15, 0.2) is 85.5 Å². The molecule has 0 saturated carbocycles. The van der Waals surface area contributed by atoms with Crippen molar-refractivity contribution in [1.29, 1.82) is 0 Å². The Bertz CT molecular complexity index is 1090. The van der Waals surface area contributed by atoms with Gasteiger partial charge in [0.25, 0.3) is 5.91 Å². The Hall–Kier alpha value is -4.06. The lowest BCUT2D eigenvalue weighted by molar-refractivity contribution is -0.137. The number of carbonyl (C=O) groups excluding carboxylic acids is 2. The summed E-state index contributed by atoms with van der Waals surface area (Å²) in [6, 6.07) is 22.7. The summed E-state index contributed by atoms with van der Waals surface area (Å²) in [5.74, 6) is 0.985. The van der Waals surface area contributed by atoms with E-state index in [1.54, 1.807) is 31.4 Å². The van der Waals surface area contributed by atoms with Crippen molar-refractivity contribution in [2.45, 2.75) is 25.7 Å². The lowest BCUT2D eigenvalue weighted by Gasteiger charge is -2.09. The number of hydrogen-bond donors (Lipinski definition) is 1. The van der Waals surface area contributed by atoms with Crippen molar-refractivity contribution in [1.82, 2.24) is 0 Å². The van der Waals surface area contributed by atoms with E-state index in [1.807, 2.05) is 48.5 Å². The number of hydrogen-bond acceptors (Lipinski definition) is 5. The quantitative estimate of drug-likeness (QED) is 0.180. The first kappa shape index (κ1) is 25.6. The Morgan fingerprint density at radius 2 is 1.34 bits per heavy atom. The second-order valence-corrected chi connectivity index (χ2v) is 7.92. The van der Waals surface area contributed by atoms with E-state index in [-0.39, 0.29) is 11.9 Å². The minimum Gasteiger partial charge on any atom is -0.497 e. The molecule has 0 atom stereocenters. The van der Waals surface area contributed by atoms with Crippen molar-refractivity contribution in [2.24, 2.45) is 0 Å². The third kappa shape index (κ3) is 8.34. The topological polar surface area (TPSA) is 73.9 Å². The number of unbranched alkanes of at least 4 members (excludes halogenated alkanes) is 3.